The molecule has 2 aliphatic rings. The highest BCUT2D eigenvalue weighted by atomic mass is 19.1. The summed E-state index contributed by atoms with van der Waals surface area (Å²) in [6.45, 7) is 2.15. The largest absolute Gasteiger partial charge is 0.396 e. The molecule has 0 atom stereocenters. The molecule has 0 spiro atoms. The molecule has 182 valence electrons. The summed E-state index contributed by atoms with van der Waals surface area (Å²) in [4.78, 5) is 14.7. The molecule has 0 radical (unpaired) electrons. The Kier molecular flexibility index (Phi) is 7.41. The van der Waals surface area contributed by atoms with Gasteiger partial charge in [-0.05, 0) is 56.0 Å². The molecule has 3 aromatic rings. The average molecular weight is 475 g/mol. The van der Waals surface area contributed by atoms with Gasteiger partial charge < -0.3 is 15.3 Å². The molecule has 6 nitrogen and oxygen atoms in total. The van der Waals surface area contributed by atoms with Crippen LogP contribution in [0.5, 0.6) is 0 Å². The van der Waals surface area contributed by atoms with Crippen molar-refractivity contribution in [3.63, 3.8) is 0 Å². The van der Waals surface area contributed by atoms with Gasteiger partial charge in [-0.25, -0.2) is 17.7 Å². The van der Waals surface area contributed by atoms with Gasteiger partial charge in [-0.3, -0.25) is 4.79 Å². The van der Waals surface area contributed by atoms with E-state index in [1.165, 1.54) is 10.7 Å². The van der Waals surface area contributed by atoms with Crippen LogP contribution in [-0.4, -0.2) is 46.9 Å². The maximum atomic E-state index is 15.1. The number of aliphatic hydroxyl groups excluding tert-OH is 1. The molecule has 34 heavy (non-hydrogen) atoms. The first-order valence-corrected chi connectivity index (χ1v) is 11.6. The number of hydrogen-bond acceptors (Lipinski definition) is 4. The Bertz CT molecular complexity index is 1100. The zero-order valence-corrected chi connectivity index (χ0v) is 18.9. The molecule has 2 N–H and O–H groups in total. The number of pyridine rings is 1. The number of amides is 1. The lowest BCUT2D eigenvalue weighted by Crippen LogP contribution is -2.38. The predicted molar refractivity (Wildman–Crippen MR) is 123 cm³/mol. The van der Waals surface area contributed by atoms with Gasteiger partial charge in [0.1, 0.15) is 17.2 Å². The quantitative estimate of drug-likeness (QED) is 0.578. The van der Waals surface area contributed by atoms with E-state index < -0.39 is 17.5 Å². The topological polar surface area (TPSA) is 69.9 Å². The molecular formula is C25H29F3N4O2. The Labute approximate surface area is 196 Å². The lowest BCUT2D eigenvalue weighted by Gasteiger charge is -2.26. The smallest absolute Gasteiger partial charge is 0.255 e. The van der Waals surface area contributed by atoms with Gasteiger partial charge in [0, 0.05) is 31.2 Å². The highest BCUT2D eigenvalue weighted by molar-refractivity contribution is 6.01. The number of benzene rings is 1. The zero-order valence-electron chi connectivity index (χ0n) is 18.9. The van der Waals surface area contributed by atoms with E-state index >= 15 is 4.39 Å². The first kappa shape index (κ1) is 24.1. The first-order valence-electron chi connectivity index (χ1n) is 11.6. The van der Waals surface area contributed by atoms with Crippen LogP contribution >= 0.6 is 0 Å². The fraction of sp³-hybridized carbons (Fsp3) is 0.440. The lowest BCUT2D eigenvalue weighted by molar-refractivity contribution is 0.0882. The Morgan fingerprint density at radius 2 is 1.62 bits per heavy atom. The second-order valence-electron chi connectivity index (χ2n) is 9.04. The van der Waals surface area contributed by atoms with E-state index in [4.69, 9.17) is 0 Å². The van der Waals surface area contributed by atoms with Crippen LogP contribution in [0.1, 0.15) is 48.9 Å². The van der Waals surface area contributed by atoms with Crippen LogP contribution in [0.3, 0.4) is 0 Å². The van der Waals surface area contributed by atoms with Crippen LogP contribution < -0.4 is 10.2 Å². The number of nitrogens with zero attached hydrogens (tertiary/aromatic N) is 3. The molecule has 1 amide bonds. The Hall–Kier alpha value is -3.07. The average Bonchev–Trinajstić information content (AvgIpc) is 3.61. The van der Waals surface area contributed by atoms with Crippen LogP contribution in [0, 0.1) is 22.9 Å². The van der Waals surface area contributed by atoms with Gasteiger partial charge in [0.05, 0.1) is 24.1 Å². The van der Waals surface area contributed by atoms with Gasteiger partial charge in [-0.15, -0.1) is 0 Å². The van der Waals surface area contributed by atoms with Crippen molar-refractivity contribution in [1.29, 1.82) is 0 Å². The summed E-state index contributed by atoms with van der Waals surface area (Å²) in [6, 6.07) is 6.04. The van der Waals surface area contributed by atoms with E-state index in [2.05, 4.69) is 10.4 Å². The molecule has 1 aliphatic heterocycles. The molecule has 1 aromatic carbocycles. The van der Waals surface area contributed by atoms with E-state index in [0.717, 1.165) is 75.9 Å². The monoisotopic (exact) mass is 474 g/mol. The summed E-state index contributed by atoms with van der Waals surface area (Å²) in [5, 5.41) is 16.7. The minimum atomic E-state index is -0.411. The van der Waals surface area contributed by atoms with Crippen molar-refractivity contribution in [1.82, 2.24) is 14.9 Å². The van der Waals surface area contributed by atoms with E-state index in [-0.39, 0.29) is 29.0 Å². The number of aliphatic hydroxyl groups is 1. The molecule has 2 aromatic heterocycles. The molecule has 2 fully saturated rings. The summed E-state index contributed by atoms with van der Waals surface area (Å²) in [7, 11) is 0. The van der Waals surface area contributed by atoms with Crippen molar-refractivity contribution in [3.05, 3.63) is 65.7 Å². The molecule has 1 saturated heterocycles. The molecule has 1 aliphatic carbocycles. The summed E-state index contributed by atoms with van der Waals surface area (Å²) >= 11 is 0. The zero-order chi connectivity index (χ0) is 24.1. The summed E-state index contributed by atoms with van der Waals surface area (Å²) in [6.07, 6.45) is 9.19. The van der Waals surface area contributed by atoms with Gasteiger partial charge in [-0.2, -0.15) is 5.10 Å². The Morgan fingerprint density at radius 3 is 2.21 bits per heavy atom. The number of fused-ring (bicyclic) bond motifs is 1. The summed E-state index contributed by atoms with van der Waals surface area (Å²) < 4.78 is 40.4. The van der Waals surface area contributed by atoms with Crippen molar-refractivity contribution >= 4 is 17.1 Å². The standard InChI is InChI=1S/C19H25FN4O2.C6H4F2/c20-16-15(23-8-3-4-9-23)5-10-24-17(16)14(11-22-24)18(26)21-12-19(13-25)6-1-2-7-19;7-5-1-2-6(8)4-3-5/h5,10-11,25H,1-4,6-9,12-13H2,(H,21,26);1-4H. The molecule has 1 saturated carbocycles. The fourth-order valence-corrected chi connectivity index (χ4v) is 4.71. The van der Waals surface area contributed by atoms with Gasteiger partial charge in [0.2, 0.25) is 0 Å². The third-order valence-electron chi connectivity index (χ3n) is 6.72. The van der Waals surface area contributed by atoms with Gasteiger partial charge in [-0.1, -0.05) is 12.8 Å². The van der Waals surface area contributed by atoms with Crippen molar-refractivity contribution in [3.8, 4) is 0 Å². The SMILES string of the molecule is Fc1ccc(F)cc1.O=C(NCC1(CO)CCCC1)c1cnn2ccc(N3CCCC3)c(F)c12. The number of rotatable bonds is 5. The molecule has 3 heterocycles. The second kappa shape index (κ2) is 10.5. The van der Waals surface area contributed by atoms with Crippen LogP contribution in [-0.2, 0) is 0 Å². The van der Waals surface area contributed by atoms with Crippen molar-refractivity contribution in [2.75, 3.05) is 31.1 Å². The number of carbonyl (C=O) groups excluding carboxylic acids is 1. The Morgan fingerprint density at radius 1 is 1.00 bits per heavy atom. The maximum absolute atomic E-state index is 15.1. The highest BCUT2D eigenvalue weighted by Gasteiger charge is 2.34. The van der Waals surface area contributed by atoms with E-state index in [0.29, 0.717) is 12.2 Å². The highest BCUT2D eigenvalue weighted by Crippen LogP contribution is 2.37. The number of anilines is 1. The summed E-state index contributed by atoms with van der Waals surface area (Å²) in [5.41, 5.74) is 0.760. The Balaban J connectivity index is 0.000000291. The van der Waals surface area contributed by atoms with Gasteiger partial charge >= 0.3 is 0 Å². The van der Waals surface area contributed by atoms with E-state index in [9.17, 15) is 18.7 Å². The van der Waals surface area contributed by atoms with Crippen molar-refractivity contribution in [2.45, 2.75) is 38.5 Å². The summed E-state index contributed by atoms with van der Waals surface area (Å²) in [5.74, 6) is -1.55. The maximum Gasteiger partial charge on any atom is 0.255 e. The molecular weight excluding hydrogens is 445 g/mol. The van der Waals surface area contributed by atoms with E-state index in [1.54, 1.807) is 12.3 Å². The lowest BCUT2D eigenvalue weighted by atomic mass is 9.87. The van der Waals surface area contributed by atoms with Crippen LogP contribution in [0.25, 0.3) is 5.52 Å². The number of nitrogens with one attached hydrogen (secondary N) is 1. The predicted octanol–water partition coefficient (Wildman–Crippen LogP) is 4.32. The molecule has 5 rings (SSSR count). The van der Waals surface area contributed by atoms with Crippen LogP contribution in [0.4, 0.5) is 18.9 Å². The van der Waals surface area contributed by atoms with Gasteiger partial charge in [0.15, 0.2) is 5.82 Å². The third kappa shape index (κ3) is 5.19. The van der Waals surface area contributed by atoms with Crippen molar-refractivity contribution < 1.29 is 23.1 Å². The first-order chi connectivity index (χ1) is 16.4. The number of hydrogen-bond donors (Lipinski definition) is 2. The van der Waals surface area contributed by atoms with E-state index in [1.807, 2.05) is 4.90 Å². The molecule has 0 bridgehead atoms. The molecule has 0 unspecified atom stereocenters. The fourth-order valence-electron chi connectivity index (χ4n) is 4.71. The number of aromatic nitrogens is 2. The number of carbonyl (C=O) groups is 1. The minimum absolute atomic E-state index is 0.0650. The number of halogens is 3. The normalized spacial score (nSPS) is 17.0. The third-order valence-corrected chi connectivity index (χ3v) is 6.72. The molecule has 9 heteroatoms. The van der Waals surface area contributed by atoms with Crippen molar-refractivity contribution in [2.24, 2.45) is 5.41 Å². The van der Waals surface area contributed by atoms with Gasteiger partial charge in [0.25, 0.3) is 5.91 Å². The van der Waals surface area contributed by atoms with Crippen LogP contribution in [0.15, 0.2) is 42.7 Å². The second-order valence-corrected chi connectivity index (χ2v) is 9.04. The minimum Gasteiger partial charge on any atom is -0.396 e. The van der Waals surface area contributed by atoms with Crippen LogP contribution in [0.2, 0.25) is 0 Å².